The van der Waals surface area contributed by atoms with Gasteiger partial charge < -0.3 is 5.32 Å². The molecule has 0 aromatic heterocycles. The van der Waals surface area contributed by atoms with Gasteiger partial charge in [-0.1, -0.05) is 24.3 Å². The van der Waals surface area contributed by atoms with E-state index in [4.69, 9.17) is 0 Å². The van der Waals surface area contributed by atoms with Crippen molar-refractivity contribution in [3.8, 4) is 0 Å². The Balaban J connectivity index is 2.24. The van der Waals surface area contributed by atoms with Gasteiger partial charge in [0, 0.05) is 4.90 Å². The van der Waals surface area contributed by atoms with E-state index < -0.39 is 11.7 Å². The van der Waals surface area contributed by atoms with Crippen molar-refractivity contribution in [3.63, 3.8) is 0 Å². The molecule has 0 saturated heterocycles. The smallest absolute Gasteiger partial charge is 0.258 e. The molecule has 0 aliphatic carbocycles. The van der Waals surface area contributed by atoms with Crippen LogP contribution in [-0.4, -0.2) is 12.2 Å². The number of thioether (sulfide) groups is 1. The highest BCUT2D eigenvalue weighted by atomic mass is 32.2. The molecule has 0 bridgehead atoms. The fraction of sp³-hybridized carbons (Fsp3) is 0.0714. The van der Waals surface area contributed by atoms with E-state index in [0.717, 1.165) is 4.90 Å². The minimum absolute atomic E-state index is 0.0495. The number of anilines is 1. The molecule has 0 atom stereocenters. The molecular weight excluding hydrogens is 249 g/mol. The normalized spacial score (nSPS) is 10.1. The summed E-state index contributed by atoms with van der Waals surface area (Å²) < 4.78 is 13.5. The van der Waals surface area contributed by atoms with Crippen LogP contribution < -0.4 is 5.32 Å². The summed E-state index contributed by atoms with van der Waals surface area (Å²) in [5.74, 6) is -0.953. The molecule has 0 aliphatic heterocycles. The van der Waals surface area contributed by atoms with Crippen LogP contribution in [-0.2, 0) is 0 Å². The maximum absolute atomic E-state index is 13.5. The van der Waals surface area contributed by atoms with E-state index >= 15 is 0 Å². The van der Waals surface area contributed by atoms with Gasteiger partial charge in [-0.3, -0.25) is 4.79 Å². The van der Waals surface area contributed by atoms with Crippen molar-refractivity contribution in [2.24, 2.45) is 0 Å². The zero-order chi connectivity index (χ0) is 13.0. The van der Waals surface area contributed by atoms with Crippen molar-refractivity contribution in [2.45, 2.75) is 4.90 Å². The summed E-state index contributed by atoms with van der Waals surface area (Å²) in [4.78, 5) is 12.9. The quantitative estimate of drug-likeness (QED) is 0.851. The minimum Gasteiger partial charge on any atom is -0.321 e. The Hall–Kier alpha value is -1.81. The highest BCUT2D eigenvalue weighted by molar-refractivity contribution is 7.98. The number of nitrogens with one attached hydrogen (secondary N) is 1. The maximum atomic E-state index is 13.5. The number of hydrogen-bond donors (Lipinski definition) is 1. The lowest BCUT2D eigenvalue weighted by atomic mass is 10.2. The second-order valence-electron chi connectivity index (χ2n) is 3.63. The van der Waals surface area contributed by atoms with Gasteiger partial charge in [-0.2, -0.15) is 0 Å². The fourth-order valence-corrected chi connectivity index (χ4v) is 2.14. The van der Waals surface area contributed by atoms with Crippen LogP contribution in [0.2, 0.25) is 0 Å². The molecule has 1 N–H and O–H groups in total. The largest absolute Gasteiger partial charge is 0.321 e. The first-order valence-corrected chi connectivity index (χ1v) is 6.63. The van der Waals surface area contributed by atoms with Gasteiger partial charge in [0.1, 0.15) is 5.82 Å². The van der Waals surface area contributed by atoms with E-state index in [2.05, 4.69) is 5.32 Å². The van der Waals surface area contributed by atoms with Crippen LogP contribution in [0.4, 0.5) is 10.1 Å². The number of amides is 1. The Morgan fingerprint density at radius 3 is 2.50 bits per heavy atom. The van der Waals surface area contributed by atoms with E-state index in [-0.39, 0.29) is 5.56 Å². The van der Waals surface area contributed by atoms with Gasteiger partial charge in [0.25, 0.3) is 5.91 Å². The van der Waals surface area contributed by atoms with Gasteiger partial charge in [0.15, 0.2) is 0 Å². The summed E-state index contributed by atoms with van der Waals surface area (Å²) >= 11 is 1.53. The van der Waals surface area contributed by atoms with Gasteiger partial charge in [-0.15, -0.1) is 11.8 Å². The number of benzene rings is 2. The van der Waals surface area contributed by atoms with Gasteiger partial charge in [0.2, 0.25) is 0 Å². The Morgan fingerprint density at radius 1 is 1.11 bits per heavy atom. The molecule has 0 radical (unpaired) electrons. The number of rotatable bonds is 3. The maximum Gasteiger partial charge on any atom is 0.258 e. The van der Waals surface area contributed by atoms with E-state index in [1.165, 1.54) is 23.9 Å². The number of carbonyl (C=O) groups excluding carboxylic acids is 1. The van der Waals surface area contributed by atoms with E-state index in [9.17, 15) is 9.18 Å². The highest BCUT2D eigenvalue weighted by Gasteiger charge is 2.12. The minimum atomic E-state index is -0.517. The second-order valence-corrected chi connectivity index (χ2v) is 4.48. The molecular formula is C14H12FNOS. The SMILES string of the molecule is CSc1ccccc1NC(=O)c1ccccc1F. The zero-order valence-corrected chi connectivity index (χ0v) is 10.6. The first-order valence-electron chi connectivity index (χ1n) is 5.41. The summed E-state index contributed by atoms with van der Waals surface area (Å²) in [7, 11) is 0. The van der Waals surface area contributed by atoms with Gasteiger partial charge in [-0.05, 0) is 30.5 Å². The van der Waals surface area contributed by atoms with E-state index in [1.54, 1.807) is 18.2 Å². The van der Waals surface area contributed by atoms with Gasteiger partial charge >= 0.3 is 0 Å². The van der Waals surface area contributed by atoms with Crippen molar-refractivity contribution < 1.29 is 9.18 Å². The summed E-state index contributed by atoms with van der Waals surface area (Å²) in [6, 6.07) is 13.4. The lowest BCUT2D eigenvalue weighted by molar-refractivity contribution is 0.102. The van der Waals surface area contributed by atoms with Crippen molar-refractivity contribution in [1.29, 1.82) is 0 Å². The predicted molar refractivity (Wildman–Crippen MR) is 72.6 cm³/mol. The average molecular weight is 261 g/mol. The van der Waals surface area contributed by atoms with Crippen LogP contribution in [0.25, 0.3) is 0 Å². The second kappa shape index (κ2) is 5.69. The lowest BCUT2D eigenvalue weighted by Crippen LogP contribution is -2.14. The summed E-state index contributed by atoms with van der Waals surface area (Å²) in [5.41, 5.74) is 0.742. The third-order valence-electron chi connectivity index (χ3n) is 2.47. The molecule has 1 amide bonds. The van der Waals surface area contributed by atoms with Crippen molar-refractivity contribution in [3.05, 3.63) is 59.9 Å². The first-order chi connectivity index (χ1) is 8.72. The number of hydrogen-bond acceptors (Lipinski definition) is 2. The van der Waals surface area contributed by atoms with Crippen LogP contribution in [0.1, 0.15) is 10.4 Å². The number of para-hydroxylation sites is 1. The van der Waals surface area contributed by atoms with Gasteiger partial charge in [-0.25, -0.2) is 4.39 Å². The molecule has 0 heterocycles. The highest BCUT2D eigenvalue weighted by Crippen LogP contribution is 2.25. The molecule has 18 heavy (non-hydrogen) atoms. The van der Waals surface area contributed by atoms with Crippen LogP contribution in [0.3, 0.4) is 0 Å². The third-order valence-corrected chi connectivity index (χ3v) is 3.27. The third kappa shape index (κ3) is 2.71. The topological polar surface area (TPSA) is 29.1 Å². The molecule has 2 nitrogen and oxygen atoms in total. The number of halogens is 1. The predicted octanol–water partition coefficient (Wildman–Crippen LogP) is 3.80. The Kier molecular flexibility index (Phi) is 3.99. The van der Waals surface area contributed by atoms with Gasteiger partial charge in [0.05, 0.1) is 11.3 Å². The monoisotopic (exact) mass is 261 g/mol. The molecule has 0 spiro atoms. The Bertz CT molecular complexity index is 571. The van der Waals surface area contributed by atoms with Crippen LogP contribution in [0.5, 0.6) is 0 Å². The van der Waals surface area contributed by atoms with E-state index in [0.29, 0.717) is 5.69 Å². The number of carbonyl (C=O) groups is 1. The Labute approximate surface area is 109 Å². The van der Waals surface area contributed by atoms with Crippen molar-refractivity contribution in [2.75, 3.05) is 11.6 Å². The molecule has 2 aromatic carbocycles. The molecule has 2 rings (SSSR count). The molecule has 4 heteroatoms. The van der Waals surface area contributed by atoms with Crippen molar-refractivity contribution >= 4 is 23.4 Å². The summed E-state index contributed by atoms with van der Waals surface area (Å²) in [6.07, 6.45) is 1.92. The molecule has 2 aromatic rings. The average Bonchev–Trinajstić information content (AvgIpc) is 2.39. The molecule has 92 valence electrons. The van der Waals surface area contributed by atoms with Crippen LogP contribution in [0, 0.1) is 5.82 Å². The van der Waals surface area contributed by atoms with Crippen LogP contribution >= 0.6 is 11.8 Å². The van der Waals surface area contributed by atoms with Crippen LogP contribution in [0.15, 0.2) is 53.4 Å². The Morgan fingerprint density at radius 2 is 1.78 bits per heavy atom. The standard InChI is InChI=1S/C14H12FNOS/c1-18-13-9-5-4-8-12(13)16-14(17)10-6-2-3-7-11(10)15/h2-9H,1H3,(H,16,17). The molecule has 0 fully saturated rings. The lowest BCUT2D eigenvalue weighted by Gasteiger charge is -2.09. The molecule has 0 unspecified atom stereocenters. The molecule has 0 aliphatic rings. The first kappa shape index (κ1) is 12.6. The zero-order valence-electron chi connectivity index (χ0n) is 9.81. The summed E-state index contributed by atoms with van der Waals surface area (Å²) in [6.45, 7) is 0. The van der Waals surface area contributed by atoms with E-state index in [1.807, 2.05) is 24.5 Å². The summed E-state index contributed by atoms with van der Waals surface area (Å²) in [5, 5.41) is 2.72. The molecule has 0 saturated carbocycles. The van der Waals surface area contributed by atoms with Crippen molar-refractivity contribution in [1.82, 2.24) is 0 Å². The fourth-order valence-electron chi connectivity index (χ4n) is 1.58.